The maximum atomic E-state index is 8.98. The van der Waals surface area contributed by atoms with Crippen molar-refractivity contribution in [1.82, 2.24) is 14.9 Å². The molecule has 0 unspecified atom stereocenters. The van der Waals surface area contributed by atoms with Crippen LogP contribution in [0.15, 0.2) is 23.7 Å². The Morgan fingerprint density at radius 1 is 1.25 bits per heavy atom. The number of nitrogens with zero attached hydrogens (tertiary/aromatic N) is 5. The van der Waals surface area contributed by atoms with Crippen molar-refractivity contribution in [3.8, 4) is 6.07 Å². The van der Waals surface area contributed by atoms with E-state index in [0.29, 0.717) is 5.69 Å². The maximum Gasteiger partial charge on any atom is 0.142 e. The summed E-state index contributed by atoms with van der Waals surface area (Å²) in [4.78, 5) is 13.6. The van der Waals surface area contributed by atoms with Gasteiger partial charge in [-0.1, -0.05) is 20.8 Å². The number of pyridine rings is 1. The van der Waals surface area contributed by atoms with Crippen LogP contribution in [0.25, 0.3) is 0 Å². The second-order valence-corrected chi connectivity index (χ2v) is 8.09. The van der Waals surface area contributed by atoms with Crippen molar-refractivity contribution in [3.05, 3.63) is 40.1 Å². The number of piperazine rings is 1. The first kappa shape index (κ1) is 16.9. The molecule has 0 atom stereocenters. The van der Waals surface area contributed by atoms with Crippen molar-refractivity contribution in [2.75, 3.05) is 31.1 Å². The number of rotatable bonds is 3. The number of hydrogen-bond acceptors (Lipinski definition) is 6. The van der Waals surface area contributed by atoms with E-state index in [1.807, 2.05) is 12.1 Å². The van der Waals surface area contributed by atoms with E-state index in [2.05, 4.69) is 47.0 Å². The minimum atomic E-state index is 0.118. The van der Waals surface area contributed by atoms with E-state index in [9.17, 15) is 0 Å². The number of anilines is 1. The Bertz CT molecular complexity index is 732. The van der Waals surface area contributed by atoms with Gasteiger partial charge in [0, 0.05) is 48.9 Å². The fourth-order valence-electron chi connectivity index (χ4n) is 2.76. The normalized spacial score (nSPS) is 16.2. The van der Waals surface area contributed by atoms with Crippen LogP contribution in [0.5, 0.6) is 0 Å². The lowest BCUT2D eigenvalue weighted by atomic mass is 9.93. The summed E-state index contributed by atoms with van der Waals surface area (Å²) in [6, 6.07) is 5.95. The predicted octanol–water partition coefficient (Wildman–Crippen LogP) is 3.03. The van der Waals surface area contributed by atoms with E-state index in [1.165, 1.54) is 10.7 Å². The molecular formula is C18H23N5S. The molecule has 0 saturated carbocycles. The van der Waals surface area contributed by atoms with Crippen molar-refractivity contribution in [3.63, 3.8) is 0 Å². The molecule has 0 spiro atoms. The quantitative estimate of drug-likeness (QED) is 0.859. The summed E-state index contributed by atoms with van der Waals surface area (Å²) in [5.41, 5.74) is 2.87. The van der Waals surface area contributed by atoms with Gasteiger partial charge in [0.1, 0.15) is 16.8 Å². The van der Waals surface area contributed by atoms with Crippen LogP contribution >= 0.6 is 11.3 Å². The van der Waals surface area contributed by atoms with Gasteiger partial charge in [0.25, 0.3) is 0 Å². The van der Waals surface area contributed by atoms with Gasteiger partial charge < -0.3 is 4.90 Å². The second-order valence-electron chi connectivity index (χ2n) is 7.15. The van der Waals surface area contributed by atoms with Crippen LogP contribution in [-0.2, 0) is 12.0 Å². The van der Waals surface area contributed by atoms with Crippen LogP contribution in [0.2, 0.25) is 0 Å². The monoisotopic (exact) mass is 341 g/mol. The summed E-state index contributed by atoms with van der Waals surface area (Å²) >= 11 is 1.76. The summed E-state index contributed by atoms with van der Waals surface area (Å²) in [7, 11) is 0. The summed E-state index contributed by atoms with van der Waals surface area (Å²) in [6.07, 6.45) is 1.71. The van der Waals surface area contributed by atoms with Gasteiger partial charge in [-0.15, -0.1) is 11.3 Å². The lowest BCUT2D eigenvalue weighted by Crippen LogP contribution is -2.46. The Labute approximate surface area is 147 Å². The first-order valence-corrected chi connectivity index (χ1v) is 9.12. The number of nitriles is 1. The Morgan fingerprint density at radius 3 is 2.62 bits per heavy atom. The zero-order valence-electron chi connectivity index (χ0n) is 14.5. The SMILES string of the molecule is CC(C)(C)c1csc(CN2CCN(c3ccnc(C#N)c3)CC2)n1. The molecular weight excluding hydrogens is 318 g/mol. The molecule has 24 heavy (non-hydrogen) atoms. The van der Waals surface area contributed by atoms with Gasteiger partial charge in [-0.3, -0.25) is 4.90 Å². The highest BCUT2D eigenvalue weighted by atomic mass is 32.1. The Balaban J connectivity index is 1.57. The molecule has 2 aromatic rings. The van der Waals surface area contributed by atoms with Gasteiger partial charge in [0.15, 0.2) is 0 Å². The Morgan fingerprint density at radius 2 is 2.00 bits per heavy atom. The zero-order chi connectivity index (χ0) is 17.2. The van der Waals surface area contributed by atoms with E-state index in [-0.39, 0.29) is 5.41 Å². The third kappa shape index (κ3) is 3.92. The van der Waals surface area contributed by atoms with Crippen molar-refractivity contribution in [2.24, 2.45) is 0 Å². The smallest absolute Gasteiger partial charge is 0.142 e. The Kier molecular flexibility index (Phi) is 4.83. The maximum absolute atomic E-state index is 8.98. The summed E-state index contributed by atoms with van der Waals surface area (Å²) in [6.45, 7) is 11.5. The minimum Gasteiger partial charge on any atom is -0.369 e. The highest BCUT2D eigenvalue weighted by Crippen LogP contribution is 2.25. The van der Waals surface area contributed by atoms with Gasteiger partial charge in [-0.05, 0) is 12.1 Å². The van der Waals surface area contributed by atoms with Crippen molar-refractivity contribution in [2.45, 2.75) is 32.7 Å². The number of hydrogen-bond donors (Lipinski definition) is 0. The molecule has 3 rings (SSSR count). The topological polar surface area (TPSA) is 56.0 Å². The first-order valence-electron chi connectivity index (χ1n) is 8.24. The zero-order valence-corrected chi connectivity index (χ0v) is 15.3. The molecule has 1 saturated heterocycles. The Hall–Kier alpha value is -1.97. The average molecular weight is 341 g/mol. The number of thiazole rings is 1. The summed E-state index contributed by atoms with van der Waals surface area (Å²) < 4.78 is 0. The summed E-state index contributed by atoms with van der Waals surface area (Å²) in [5, 5.41) is 12.4. The third-order valence-corrected chi connectivity index (χ3v) is 5.11. The van der Waals surface area contributed by atoms with Gasteiger partial charge in [0.05, 0.1) is 12.2 Å². The minimum absolute atomic E-state index is 0.118. The lowest BCUT2D eigenvalue weighted by molar-refractivity contribution is 0.249. The van der Waals surface area contributed by atoms with Crippen LogP contribution in [0.4, 0.5) is 5.69 Å². The molecule has 3 heterocycles. The van der Waals surface area contributed by atoms with Crippen LogP contribution < -0.4 is 4.90 Å². The van der Waals surface area contributed by atoms with E-state index >= 15 is 0 Å². The van der Waals surface area contributed by atoms with Gasteiger partial charge >= 0.3 is 0 Å². The molecule has 2 aromatic heterocycles. The molecule has 1 aliphatic rings. The average Bonchev–Trinajstić information content (AvgIpc) is 3.04. The molecule has 1 fully saturated rings. The van der Waals surface area contributed by atoms with Crippen molar-refractivity contribution >= 4 is 17.0 Å². The molecule has 0 aliphatic carbocycles. The first-order chi connectivity index (χ1) is 11.5. The van der Waals surface area contributed by atoms with Gasteiger partial charge in [-0.25, -0.2) is 9.97 Å². The molecule has 0 radical (unpaired) electrons. The summed E-state index contributed by atoms with van der Waals surface area (Å²) in [5.74, 6) is 0. The molecule has 1 aliphatic heterocycles. The van der Waals surface area contributed by atoms with E-state index in [1.54, 1.807) is 17.5 Å². The molecule has 5 nitrogen and oxygen atoms in total. The fraction of sp³-hybridized carbons (Fsp3) is 0.500. The predicted molar refractivity (Wildman–Crippen MR) is 97.3 cm³/mol. The van der Waals surface area contributed by atoms with E-state index in [4.69, 9.17) is 10.2 Å². The van der Waals surface area contributed by atoms with Crippen molar-refractivity contribution in [1.29, 1.82) is 5.26 Å². The fourth-order valence-corrected chi connectivity index (χ4v) is 3.82. The van der Waals surface area contributed by atoms with Gasteiger partial charge in [-0.2, -0.15) is 5.26 Å². The molecule has 6 heteroatoms. The van der Waals surface area contributed by atoms with Crippen molar-refractivity contribution < 1.29 is 0 Å². The molecule has 0 amide bonds. The molecule has 0 bridgehead atoms. The molecule has 0 N–H and O–H groups in total. The number of aromatic nitrogens is 2. The van der Waals surface area contributed by atoms with E-state index < -0.39 is 0 Å². The highest BCUT2D eigenvalue weighted by Gasteiger charge is 2.21. The van der Waals surface area contributed by atoms with Crippen LogP contribution in [0.3, 0.4) is 0 Å². The largest absolute Gasteiger partial charge is 0.369 e. The molecule has 0 aromatic carbocycles. The van der Waals surface area contributed by atoms with E-state index in [0.717, 1.165) is 38.4 Å². The standard InChI is InChI=1S/C18H23N5S/c1-18(2,3)16-13-24-17(21-16)12-22-6-8-23(9-7-22)15-4-5-20-14(10-15)11-19/h4-5,10,13H,6-9,12H2,1-3H3. The molecule has 126 valence electrons. The van der Waals surface area contributed by atoms with Gasteiger partial charge in [0.2, 0.25) is 0 Å². The second kappa shape index (κ2) is 6.88. The highest BCUT2D eigenvalue weighted by molar-refractivity contribution is 7.09. The van der Waals surface area contributed by atoms with Crippen LogP contribution in [0.1, 0.15) is 37.2 Å². The van der Waals surface area contributed by atoms with Crippen LogP contribution in [-0.4, -0.2) is 41.0 Å². The third-order valence-electron chi connectivity index (χ3n) is 4.27. The van der Waals surface area contributed by atoms with Crippen LogP contribution in [0, 0.1) is 11.3 Å². The lowest BCUT2D eigenvalue weighted by Gasteiger charge is -2.35.